The standard InChI is InChI=1S/C13H16FNO3/c14-11-12(16)9(4-8-2-1-3-15-6-8)5-10-13(11)18-7-17-10/h5,8,15-16H,1-4,6-7H2. The van der Waals surface area contributed by atoms with Crippen LogP contribution in [0, 0.1) is 11.7 Å². The number of phenolic OH excluding ortho intramolecular Hbond substituents is 1. The van der Waals surface area contributed by atoms with Crippen molar-refractivity contribution in [2.24, 2.45) is 5.92 Å². The zero-order chi connectivity index (χ0) is 12.5. The molecular formula is C13H16FNO3. The number of halogens is 1. The number of piperidine rings is 1. The van der Waals surface area contributed by atoms with Crippen LogP contribution in [0.2, 0.25) is 0 Å². The van der Waals surface area contributed by atoms with Crippen LogP contribution in [0.1, 0.15) is 18.4 Å². The van der Waals surface area contributed by atoms with Crippen LogP contribution in [0.5, 0.6) is 17.2 Å². The van der Waals surface area contributed by atoms with Crippen molar-refractivity contribution in [2.45, 2.75) is 19.3 Å². The number of benzene rings is 1. The van der Waals surface area contributed by atoms with Gasteiger partial charge in [0, 0.05) is 5.56 Å². The Labute approximate surface area is 105 Å². The molecule has 98 valence electrons. The molecule has 2 N–H and O–H groups in total. The SMILES string of the molecule is Oc1c(CC2CCCNC2)cc2c(c1F)OCO2. The smallest absolute Gasteiger partial charge is 0.231 e. The van der Waals surface area contributed by atoms with Crippen LogP contribution in [-0.4, -0.2) is 25.0 Å². The number of hydrogen-bond acceptors (Lipinski definition) is 4. The molecule has 0 bridgehead atoms. The summed E-state index contributed by atoms with van der Waals surface area (Å²) in [6.07, 6.45) is 2.88. The van der Waals surface area contributed by atoms with Gasteiger partial charge < -0.3 is 19.9 Å². The summed E-state index contributed by atoms with van der Waals surface area (Å²) in [7, 11) is 0. The van der Waals surface area contributed by atoms with Gasteiger partial charge in [0.15, 0.2) is 11.5 Å². The molecule has 1 fully saturated rings. The summed E-state index contributed by atoms with van der Waals surface area (Å²) in [5.74, 6) is -0.153. The molecule has 1 aromatic carbocycles. The van der Waals surface area contributed by atoms with Gasteiger partial charge in [0.1, 0.15) is 0 Å². The summed E-state index contributed by atoms with van der Waals surface area (Å²) in [6, 6.07) is 1.69. The molecule has 2 aliphatic heterocycles. The summed E-state index contributed by atoms with van der Waals surface area (Å²) in [5.41, 5.74) is 0.602. The Bertz CT molecular complexity index is 458. The lowest BCUT2D eigenvalue weighted by Gasteiger charge is -2.23. The van der Waals surface area contributed by atoms with E-state index in [0.717, 1.165) is 25.9 Å². The van der Waals surface area contributed by atoms with Gasteiger partial charge in [0.2, 0.25) is 18.4 Å². The van der Waals surface area contributed by atoms with Gasteiger partial charge in [-0.1, -0.05) is 0 Å². The normalized spacial score (nSPS) is 22.2. The van der Waals surface area contributed by atoms with Gasteiger partial charge in [-0.25, -0.2) is 0 Å². The molecule has 18 heavy (non-hydrogen) atoms. The van der Waals surface area contributed by atoms with Crippen molar-refractivity contribution in [3.8, 4) is 17.2 Å². The predicted molar refractivity (Wildman–Crippen MR) is 63.5 cm³/mol. The fourth-order valence-corrected chi connectivity index (χ4v) is 2.61. The third kappa shape index (κ3) is 1.99. The van der Waals surface area contributed by atoms with Crippen molar-refractivity contribution in [1.82, 2.24) is 5.32 Å². The van der Waals surface area contributed by atoms with E-state index >= 15 is 0 Å². The predicted octanol–water partition coefficient (Wildman–Crippen LogP) is 1.80. The maximum atomic E-state index is 13.8. The molecule has 2 heterocycles. The Morgan fingerprint density at radius 1 is 1.44 bits per heavy atom. The van der Waals surface area contributed by atoms with E-state index in [4.69, 9.17) is 9.47 Å². The molecule has 2 aliphatic rings. The van der Waals surface area contributed by atoms with E-state index in [1.165, 1.54) is 0 Å². The first-order valence-electron chi connectivity index (χ1n) is 6.26. The highest BCUT2D eigenvalue weighted by Gasteiger charge is 2.26. The van der Waals surface area contributed by atoms with E-state index in [1.54, 1.807) is 6.07 Å². The van der Waals surface area contributed by atoms with Crippen molar-refractivity contribution in [3.63, 3.8) is 0 Å². The molecule has 4 nitrogen and oxygen atoms in total. The average Bonchev–Trinajstić information content (AvgIpc) is 2.85. The molecule has 0 spiro atoms. The number of fused-ring (bicyclic) bond motifs is 1. The van der Waals surface area contributed by atoms with Crippen LogP contribution < -0.4 is 14.8 Å². The number of nitrogens with one attached hydrogen (secondary N) is 1. The first-order valence-corrected chi connectivity index (χ1v) is 6.26. The van der Waals surface area contributed by atoms with Crippen LogP contribution in [0.3, 0.4) is 0 Å². The first kappa shape index (κ1) is 11.6. The molecule has 0 radical (unpaired) electrons. The van der Waals surface area contributed by atoms with Gasteiger partial charge in [-0.05, 0) is 44.3 Å². The minimum absolute atomic E-state index is 0.0140. The molecule has 0 saturated carbocycles. The van der Waals surface area contributed by atoms with Crippen LogP contribution >= 0.6 is 0 Å². The van der Waals surface area contributed by atoms with Crippen LogP contribution in [0.4, 0.5) is 4.39 Å². The molecule has 1 aromatic rings. The highest BCUT2D eigenvalue weighted by molar-refractivity contribution is 5.52. The number of aromatic hydroxyl groups is 1. The van der Waals surface area contributed by atoms with E-state index in [2.05, 4.69) is 5.32 Å². The van der Waals surface area contributed by atoms with Gasteiger partial charge in [-0.2, -0.15) is 4.39 Å². The number of hydrogen-bond donors (Lipinski definition) is 2. The average molecular weight is 253 g/mol. The summed E-state index contributed by atoms with van der Waals surface area (Å²) in [6.45, 7) is 1.97. The topological polar surface area (TPSA) is 50.7 Å². The molecule has 0 amide bonds. The van der Waals surface area contributed by atoms with Crippen molar-refractivity contribution in [2.75, 3.05) is 19.9 Å². The quantitative estimate of drug-likeness (QED) is 0.844. The zero-order valence-electron chi connectivity index (χ0n) is 10.0. The van der Waals surface area contributed by atoms with Crippen molar-refractivity contribution in [1.29, 1.82) is 0 Å². The monoisotopic (exact) mass is 253 g/mol. The third-order valence-corrected chi connectivity index (χ3v) is 3.57. The third-order valence-electron chi connectivity index (χ3n) is 3.57. The van der Waals surface area contributed by atoms with Crippen molar-refractivity contribution < 1.29 is 19.0 Å². The van der Waals surface area contributed by atoms with E-state index in [1.807, 2.05) is 0 Å². The van der Waals surface area contributed by atoms with Gasteiger partial charge in [-0.3, -0.25) is 0 Å². The Morgan fingerprint density at radius 3 is 3.11 bits per heavy atom. The van der Waals surface area contributed by atoms with Crippen molar-refractivity contribution in [3.05, 3.63) is 17.4 Å². The second-order valence-electron chi connectivity index (χ2n) is 4.85. The number of phenols is 1. The minimum atomic E-state index is -0.705. The second-order valence-corrected chi connectivity index (χ2v) is 4.85. The van der Waals surface area contributed by atoms with Crippen LogP contribution in [0.25, 0.3) is 0 Å². The minimum Gasteiger partial charge on any atom is -0.505 e. The maximum absolute atomic E-state index is 13.8. The maximum Gasteiger partial charge on any atom is 0.231 e. The van der Waals surface area contributed by atoms with Gasteiger partial charge in [0.05, 0.1) is 0 Å². The summed E-state index contributed by atoms with van der Waals surface area (Å²) >= 11 is 0. The second kappa shape index (κ2) is 4.65. The summed E-state index contributed by atoms with van der Waals surface area (Å²) in [4.78, 5) is 0. The van der Waals surface area contributed by atoms with E-state index < -0.39 is 5.82 Å². The van der Waals surface area contributed by atoms with Gasteiger partial charge >= 0.3 is 0 Å². The summed E-state index contributed by atoms with van der Waals surface area (Å²) < 4.78 is 24.0. The number of rotatable bonds is 2. The van der Waals surface area contributed by atoms with Crippen LogP contribution in [0.15, 0.2) is 6.07 Å². The van der Waals surface area contributed by atoms with Crippen LogP contribution in [-0.2, 0) is 6.42 Å². The highest BCUT2D eigenvalue weighted by atomic mass is 19.1. The van der Waals surface area contributed by atoms with Gasteiger partial charge in [0.25, 0.3) is 0 Å². The lowest BCUT2D eigenvalue weighted by molar-refractivity contribution is 0.170. The zero-order valence-corrected chi connectivity index (χ0v) is 10.0. The van der Waals surface area contributed by atoms with E-state index in [-0.39, 0.29) is 18.3 Å². The molecule has 0 aliphatic carbocycles. The Morgan fingerprint density at radius 2 is 2.33 bits per heavy atom. The Balaban J connectivity index is 1.85. The fraction of sp³-hybridized carbons (Fsp3) is 0.538. The fourth-order valence-electron chi connectivity index (χ4n) is 2.61. The number of ether oxygens (including phenoxy) is 2. The Hall–Kier alpha value is -1.49. The van der Waals surface area contributed by atoms with Crippen molar-refractivity contribution >= 4 is 0 Å². The Kier molecular flexibility index (Phi) is 2.99. The molecule has 1 saturated heterocycles. The molecule has 1 unspecified atom stereocenters. The highest BCUT2D eigenvalue weighted by Crippen LogP contribution is 2.42. The molecule has 0 aromatic heterocycles. The van der Waals surface area contributed by atoms with Gasteiger partial charge in [-0.15, -0.1) is 0 Å². The lowest BCUT2D eigenvalue weighted by Crippen LogP contribution is -2.30. The van der Waals surface area contributed by atoms with E-state index in [0.29, 0.717) is 23.7 Å². The van der Waals surface area contributed by atoms with E-state index in [9.17, 15) is 9.50 Å². The molecular weight excluding hydrogens is 237 g/mol. The molecule has 1 atom stereocenters. The summed E-state index contributed by atoms with van der Waals surface area (Å²) in [5, 5.41) is 13.2. The molecule has 3 rings (SSSR count). The first-order chi connectivity index (χ1) is 8.75. The molecule has 5 heteroatoms. The largest absolute Gasteiger partial charge is 0.505 e. The lowest BCUT2D eigenvalue weighted by atomic mass is 9.91.